The second-order valence-electron chi connectivity index (χ2n) is 5.18. The Balaban J connectivity index is 1.80. The fourth-order valence-corrected chi connectivity index (χ4v) is 2.93. The van der Waals surface area contributed by atoms with E-state index < -0.39 is 11.6 Å². The summed E-state index contributed by atoms with van der Waals surface area (Å²) in [7, 11) is 0. The van der Waals surface area contributed by atoms with Crippen molar-refractivity contribution in [2.24, 2.45) is 0 Å². The summed E-state index contributed by atoms with van der Waals surface area (Å²) in [5.74, 6) is -1.60. The summed E-state index contributed by atoms with van der Waals surface area (Å²) in [4.78, 5) is 11.0. The number of benzene rings is 2. The van der Waals surface area contributed by atoms with Gasteiger partial charge in [0.2, 0.25) is 11.6 Å². The molecule has 0 saturated carbocycles. The first kappa shape index (κ1) is 11.2. The van der Waals surface area contributed by atoms with Crippen molar-refractivity contribution >= 4 is 0 Å². The highest BCUT2D eigenvalue weighted by molar-refractivity contribution is 5.40. The second-order valence-corrected chi connectivity index (χ2v) is 5.18. The van der Waals surface area contributed by atoms with Crippen LogP contribution < -0.4 is 0 Å². The van der Waals surface area contributed by atoms with Crippen molar-refractivity contribution in [3.63, 3.8) is 0 Å². The maximum Gasteiger partial charge on any atom is 0.235 e. The van der Waals surface area contributed by atoms with Gasteiger partial charge in [0.25, 0.3) is 0 Å². The summed E-state index contributed by atoms with van der Waals surface area (Å²) in [5, 5.41) is 0. The van der Waals surface area contributed by atoms with E-state index in [2.05, 4.69) is 12.1 Å². The normalized spacial score (nSPS) is 31.4. The van der Waals surface area contributed by atoms with Crippen LogP contribution in [0.2, 0.25) is 0 Å². The van der Waals surface area contributed by atoms with E-state index in [0.29, 0.717) is 6.42 Å². The van der Waals surface area contributed by atoms with Gasteiger partial charge in [0.1, 0.15) is 0 Å². The lowest BCUT2D eigenvalue weighted by atomic mass is 9.94. The van der Waals surface area contributed by atoms with Gasteiger partial charge in [-0.25, -0.2) is 0 Å². The van der Waals surface area contributed by atoms with Crippen molar-refractivity contribution in [1.29, 1.82) is 0 Å². The summed E-state index contributed by atoms with van der Waals surface area (Å²) >= 11 is 0. The average molecular weight is 254 g/mol. The molecule has 19 heavy (non-hydrogen) atoms. The highest BCUT2D eigenvalue weighted by Crippen LogP contribution is 2.55. The van der Waals surface area contributed by atoms with Crippen LogP contribution in [0.4, 0.5) is 0 Å². The molecule has 2 aliphatic heterocycles. The molecule has 2 heterocycles. The zero-order valence-corrected chi connectivity index (χ0v) is 10.6. The van der Waals surface area contributed by atoms with E-state index in [0.717, 1.165) is 16.7 Å². The minimum atomic E-state index is -0.813. The maximum absolute atomic E-state index is 6.08. The molecule has 2 bridgehead atoms. The zero-order chi connectivity index (χ0) is 12.9. The quantitative estimate of drug-likeness (QED) is 0.770. The van der Waals surface area contributed by atoms with Crippen LogP contribution in [-0.4, -0.2) is 0 Å². The molecule has 3 nitrogen and oxygen atoms in total. The van der Waals surface area contributed by atoms with E-state index in [1.54, 1.807) is 0 Å². The van der Waals surface area contributed by atoms with Gasteiger partial charge in [-0.15, -0.1) is 0 Å². The lowest BCUT2D eigenvalue weighted by Gasteiger charge is -2.24. The zero-order valence-electron chi connectivity index (χ0n) is 10.6. The first-order valence-corrected chi connectivity index (χ1v) is 6.43. The number of fused-ring (bicyclic) bond motifs is 5. The molecule has 1 fully saturated rings. The van der Waals surface area contributed by atoms with E-state index in [-0.39, 0.29) is 0 Å². The summed E-state index contributed by atoms with van der Waals surface area (Å²) < 4.78 is 6.08. The molecule has 0 spiro atoms. The largest absolute Gasteiger partial charge is 0.304 e. The summed E-state index contributed by atoms with van der Waals surface area (Å²) in [6.07, 6.45) is 0.639. The van der Waals surface area contributed by atoms with Gasteiger partial charge in [-0.05, 0) is 12.5 Å². The first-order valence-electron chi connectivity index (χ1n) is 6.43. The smallest absolute Gasteiger partial charge is 0.235 e. The lowest BCUT2D eigenvalue weighted by Crippen LogP contribution is -2.28. The fourth-order valence-electron chi connectivity index (χ4n) is 2.93. The topological polar surface area (TPSA) is 27.7 Å². The molecule has 0 N–H and O–H groups in total. The van der Waals surface area contributed by atoms with Gasteiger partial charge in [0, 0.05) is 17.5 Å². The molecule has 0 aliphatic carbocycles. The molecule has 3 heteroatoms. The molecular weight excluding hydrogens is 240 g/mol. The minimum Gasteiger partial charge on any atom is -0.304 e. The molecule has 0 aromatic heterocycles. The summed E-state index contributed by atoms with van der Waals surface area (Å²) in [6.45, 7) is 1.89. The van der Waals surface area contributed by atoms with Crippen molar-refractivity contribution in [2.75, 3.05) is 0 Å². The van der Waals surface area contributed by atoms with Crippen LogP contribution >= 0.6 is 0 Å². The maximum atomic E-state index is 6.08. The van der Waals surface area contributed by atoms with E-state index >= 15 is 0 Å². The predicted molar refractivity (Wildman–Crippen MR) is 68.9 cm³/mol. The SMILES string of the molecule is CC12OOC(Cc3ccccc3)(O1)c1ccccc12. The van der Waals surface area contributed by atoms with E-state index in [1.165, 1.54) is 0 Å². The third-order valence-corrected chi connectivity index (χ3v) is 3.80. The first-order chi connectivity index (χ1) is 9.22. The van der Waals surface area contributed by atoms with Crippen LogP contribution in [0, 0.1) is 0 Å². The average Bonchev–Trinajstić information content (AvgIpc) is 2.90. The van der Waals surface area contributed by atoms with Crippen molar-refractivity contribution in [1.82, 2.24) is 0 Å². The molecule has 0 radical (unpaired) electrons. The Labute approximate surface area is 111 Å². The van der Waals surface area contributed by atoms with Crippen LogP contribution in [-0.2, 0) is 32.5 Å². The number of ether oxygens (including phenoxy) is 1. The second kappa shape index (κ2) is 3.67. The molecule has 2 atom stereocenters. The Morgan fingerprint density at radius 2 is 1.53 bits per heavy atom. The predicted octanol–water partition coefficient (Wildman–Crippen LogP) is 3.25. The third-order valence-electron chi connectivity index (χ3n) is 3.80. The lowest BCUT2D eigenvalue weighted by molar-refractivity contribution is -0.364. The molecule has 2 aromatic rings. The Bertz CT molecular complexity index is 625. The molecule has 1 saturated heterocycles. The molecule has 96 valence electrons. The number of hydrogen-bond acceptors (Lipinski definition) is 3. The molecule has 2 aromatic carbocycles. The van der Waals surface area contributed by atoms with Crippen LogP contribution in [0.3, 0.4) is 0 Å². The van der Waals surface area contributed by atoms with Gasteiger partial charge in [-0.1, -0.05) is 54.6 Å². The van der Waals surface area contributed by atoms with Gasteiger partial charge in [-0.3, -0.25) is 0 Å². The van der Waals surface area contributed by atoms with Crippen molar-refractivity contribution in [2.45, 2.75) is 24.9 Å². The molecule has 2 aliphatic rings. The molecule has 4 rings (SSSR count). The van der Waals surface area contributed by atoms with E-state index in [1.807, 2.05) is 49.4 Å². The van der Waals surface area contributed by atoms with E-state index in [9.17, 15) is 0 Å². The fraction of sp³-hybridized carbons (Fsp3) is 0.250. The van der Waals surface area contributed by atoms with Crippen LogP contribution in [0.25, 0.3) is 0 Å². The van der Waals surface area contributed by atoms with Gasteiger partial charge in [0.15, 0.2) is 0 Å². The Morgan fingerprint density at radius 1 is 0.842 bits per heavy atom. The van der Waals surface area contributed by atoms with Gasteiger partial charge >= 0.3 is 0 Å². The standard InChI is InChI=1S/C16H14O3/c1-15-13-9-5-6-10-14(13)16(17-15,19-18-15)11-12-7-3-2-4-8-12/h2-10H,11H2,1H3. The van der Waals surface area contributed by atoms with E-state index in [4.69, 9.17) is 14.5 Å². The van der Waals surface area contributed by atoms with Crippen molar-refractivity contribution < 1.29 is 14.5 Å². The monoisotopic (exact) mass is 254 g/mol. The minimum absolute atomic E-state index is 0.639. The van der Waals surface area contributed by atoms with Gasteiger partial charge < -0.3 is 4.74 Å². The summed E-state index contributed by atoms with van der Waals surface area (Å²) in [6, 6.07) is 18.2. The Morgan fingerprint density at radius 3 is 2.32 bits per heavy atom. The highest BCUT2D eigenvalue weighted by Gasteiger charge is 2.60. The van der Waals surface area contributed by atoms with Crippen LogP contribution in [0.1, 0.15) is 23.6 Å². The third kappa shape index (κ3) is 1.49. The van der Waals surface area contributed by atoms with Crippen LogP contribution in [0.15, 0.2) is 54.6 Å². The van der Waals surface area contributed by atoms with Gasteiger partial charge in [0.05, 0.1) is 0 Å². The Hall–Kier alpha value is -1.68. The van der Waals surface area contributed by atoms with Crippen molar-refractivity contribution in [3.05, 3.63) is 71.3 Å². The molecular formula is C16H14O3. The van der Waals surface area contributed by atoms with Crippen molar-refractivity contribution in [3.8, 4) is 0 Å². The van der Waals surface area contributed by atoms with Gasteiger partial charge in [-0.2, -0.15) is 9.78 Å². The number of rotatable bonds is 2. The highest BCUT2D eigenvalue weighted by atomic mass is 17.3. The number of hydrogen-bond donors (Lipinski definition) is 0. The molecule has 0 amide bonds. The summed E-state index contributed by atoms with van der Waals surface area (Å²) in [5.41, 5.74) is 3.27. The molecule has 2 unspecified atom stereocenters. The van der Waals surface area contributed by atoms with Crippen LogP contribution in [0.5, 0.6) is 0 Å². The Kier molecular flexibility index (Phi) is 2.16.